The highest BCUT2D eigenvalue weighted by molar-refractivity contribution is 6.42. The minimum Gasteiger partial charge on any atom is -0.483 e. The number of amides is 2. The van der Waals surface area contributed by atoms with Gasteiger partial charge in [0.1, 0.15) is 11.8 Å². The van der Waals surface area contributed by atoms with Crippen molar-refractivity contribution in [3.8, 4) is 5.75 Å². The third-order valence-corrected chi connectivity index (χ3v) is 7.10. The number of rotatable bonds is 8. The topological polar surface area (TPSA) is 58.6 Å². The number of hydrogen-bond acceptors (Lipinski definition) is 3. The lowest BCUT2D eigenvalue weighted by Gasteiger charge is -2.31. The van der Waals surface area contributed by atoms with Gasteiger partial charge >= 0.3 is 0 Å². The molecule has 1 atom stereocenters. The largest absolute Gasteiger partial charge is 0.483 e. The van der Waals surface area contributed by atoms with E-state index >= 15 is 0 Å². The number of benzene rings is 2. The molecule has 0 aromatic heterocycles. The monoisotopic (exact) mass is 490 g/mol. The molecule has 0 spiro atoms. The predicted octanol–water partition coefficient (Wildman–Crippen LogP) is 5.86. The zero-order chi connectivity index (χ0) is 24.0. The number of nitrogens with one attached hydrogen (secondary N) is 1. The van der Waals surface area contributed by atoms with Crippen LogP contribution in [-0.2, 0) is 16.1 Å². The van der Waals surface area contributed by atoms with Crippen molar-refractivity contribution in [1.82, 2.24) is 10.2 Å². The highest BCUT2D eigenvalue weighted by Crippen LogP contribution is 2.25. The normalized spacial score (nSPS) is 15.1. The van der Waals surface area contributed by atoms with Crippen LogP contribution in [0.5, 0.6) is 5.75 Å². The molecule has 0 heterocycles. The van der Waals surface area contributed by atoms with E-state index in [2.05, 4.69) is 5.32 Å². The highest BCUT2D eigenvalue weighted by Gasteiger charge is 2.28. The Morgan fingerprint density at radius 1 is 1.09 bits per heavy atom. The maximum atomic E-state index is 13.3. The fourth-order valence-corrected chi connectivity index (χ4v) is 4.41. The van der Waals surface area contributed by atoms with E-state index in [9.17, 15) is 9.59 Å². The Morgan fingerprint density at radius 2 is 1.82 bits per heavy atom. The average molecular weight is 491 g/mol. The van der Waals surface area contributed by atoms with Crippen molar-refractivity contribution in [2.45, 2.75) is 71.5 Å². The number of carbonyl (C=O) groups excluding carboxylic acids is 2. The minimum absolute atomic E-state index is 0.151. The van der Waals surface area contributed by atoms with Crippen molar-refractivity contribution in [1.29, 1.82) is 0 Å². The number of ether oxygens (including phenoxy) is 1. The van der Waals surface area contributed by atoms with Crippen LogP contribution in [0.4, 0.5) is 0 Å². The first-order chi connectivity index (χ1) is 15.8. The molecule has 7 heteroatoms. The molecule has 1 fully saturated rings. The summed E-state index contributed by atoms with van der Waals surface area (Å²) in [6.07, 6.45) is 5.41. The zero-order valence-corrected chi connectivity index (χ0v) is 21.0. The molecule has 0 bridgehead atoms. The fraction of sp³-hybridized carbons (Fsp3) is 0.462. The van der Waals surface area contributed by atoms with Crippen LogP contribution >= 0.6 is 23.2 Å². The van der Waals surface area contributed by atoms with Crippen molar-refractivity contribution < 1.29 is 14.3 Å². The molecule has 1 N–H and O–H groups in total. The SMILES string of the molecule is Cc1cccc(OCC(=O)N(Cc2ccc(Cl)c(Cl)c2)[C@H](C)C(=O)NC2CCCCC2)c1C. The molecule has 1 aliphatic rings. The molecule has 3 rings (SSSR count). The first-order valence-corrected chi connectivity index (χ1v) is 12.2. The summed E-state index contributed by atoms with van der Waals surface area (Å²) in [7, 11) is 0. The van der Waals surface area contributed by atoms with E-state index in [1.165, 1.54) is 6.42 Å². The van der Waals surface area contributed by atoms with Crippen LogP contribution in [0.15, 0.2) is 36.4 Å². The van der Waals surface area contributed by atoms with Crippen LogP contribution in [0, 0.1) is 13.8 Å². The molecular formula is C26H32Cl2N2O3. The lowest BCUT2D eigenvalue weighted by atomic mass is 9.95. The van der Waals surface area contributed by atoms with E-state index in [-0.39, 0.29) is 31.0 Å². The molecule has 0 aliphatic heterocycles. The number of halogens is 2. The fourth-order valence-electron chi connectivity index (χ4n) is 4.09. The van der Waals surface area contributed by atoms with E-state index < -0.39 is 6.04 Å². The molecule has 0 radical (unpaired) electrons. The van der Waals surface area contributed by atoms with Gasteiger partial charge in [0, 0.05) is 12.6 Å². The number of aryl methyl sites for hydroxylation is 1. The van der Waals surface area contributed by atoms with Gasteiger partial charge in [0.25, 0.3) is 5.91 Å². The summed E-state index contributed by atoms with van der Waals surface area (Å²) in [6.45, 7) is 5.78. The lowest BCUT2D eigenvalue weighted by molar-refractivity contribution is -0.142. The summed E-state index contributed by atoms with van der Waals surface area (Å²) in [6, 6.07) is 10.5. The summed E-state index contributed by atoms with van der Waals surface area (Å²) >= 11 is 12.2. The van der Waals surface area contributed by atoms with Gasteiger partial charge < -0.3 is 15.0 Å². The van der Waals surface area contributed by atoms with Crippen LogP contribution in [-0.4, -0.2) is 35.4 Å². The Balaban J connectivity index is 1.75. The van der Waals surface area contributed by atoms with Crippen LogP contribution in [0.3, 0.4) is 0 Å². The number of carbonyl (C=O) groups is 2. The van der Waals surface area contributed by atoms with Gasteiger partial charge in [-0.1, -0.05) is 60.7 Å². The number of nitrogens with zero attached hydrogens (tertiary/aromatic N) is 1. The standard InChI is InChI=1S/C26H32Cl2N2O3/c1-17-8-7-11-24(18(17)2)33-16-25(31)30(15-20-12-13-22(27)23(28)14-20)19(3)26(32)29-21-9-5-4-6-10-21/h7-8,11-14,19,21H,4-6,9-10,15-16H2,1-3H3,(H,29,32)/t19-/m1/s1. The summed E-state index contributed by atoms with van der Waals surface area (Å²) in [4.78, 5) is 27.9. The van der Waals surface area contributed by atoms with Crippen molar-refractivity contribution in [3.05, 3.63) is 63.1 Å². The van der Waals surface area contributed by atoms with Gasteiger partial charge in [-0.3, -0.25) is 9.59 Å². The van der Waals surface area contributed by atoms with Crippen LogP contribution in [0.25, 0.3) is 0 Å². The van der Waals surface area contributed by atoms with Gasteiger partial charge in [0.15, 0.2) is 6.61 Å². The minimum atomic E-state index is -0.656. The second-order valence-corrected chi connectivity index (χ2v) is 9.59. The maximum Gasteiger partial charge on any atom is 0.261 e. The quantitative estimate of drug-likeness (QED) is 0.504. The molecule has 2 amide bonds. The molecule has 0 unspecified atom stereocenters. The van der Waals surface area contributed by atoms with E-state index in [0.717, 1.165) is 42.4 Å². The molecule has 33 heavy (non-hydrogen) atoms. The molecule has 2 aromatic carbocycles. The van der Waals surface area contributed by atoms with Crippen molar-refractivity contribution in [3.63, 3.8) is 0 Å². The second kappa shape index (κ2) is 11.8. The van der Waals surface area contributed by atoms with E-state index in [1.54, 1.807) is 24.0 Å². The van der Waals surface area contributed by atoms with Crippen LogP contribution < -0.4 is 10.1 Å². The molecule has 1 saturated carbocycles. The van der Waals surface area contributed by atoms with Crippen LogP contribution in [0.1, 0.15) is 55.7 Å². The molecule has 0 saturated heterocycles. The van der Waals surface area contributed by atoms with Crippen molar-refractivity contribution in [2.75, 3.05) is 6.61 Å². The van der Waals surface area contributed by atoms with E-state index in [1.807, 2.05) is 38.1 Å². The molecule has 5 nitrogen and oxygen atoms in total. The Labute approximate surface area is 206 Å². The zero-order valence-electron chi connectivity index (χ0n) is 19.5. The molecular weight excluding hydrogens is 459 g/mol. The van der Waals surface area contributed by atoms with Gasteiger partial charge in [0.05, 0.1) is 10.0 Å². The first-order valence-electron chi connectivity index (χ1n) is 11.5. The van der Waals surface area contributed by atoms with Gasteiger partial charge in [-0.15, -0.1) is 0 Å². The third-order valence-electron chi connectivity index (χ3n) is 6.36. The van der Waals surface area contributed by atoms with Gasteiger partial charge in [-0.05, 0) is 68.5 Å². The first kappa shape index (κ1) is 25.4. The summed E-state index contributed by atoms with van der Waals surface area (Å²) in [5.74, 6) is 0.243. The number of hydrogen-bond donors (Lipinski definition) is 1. The Bertz CT molecular complexity index is 989. The summed E-state index contributed by atoms with van der Waals surface area (Å²) in [5, 5.41) is 3.98. The predicted molar refractivity (Wildman–Crippen MR) is 133 cm³/mol. The molecule has 178 valence electrons. The summed E-state index contributed by atoms with van der Waals surface area (Å²) in [5.41, 5.74) is 2.87. The summed E-state index contributed by atoms with van der Waals surface area (Å²) < 4.78 is 5.85. The smallest absolute Gasteiger partial charge is 0.261 e. The Kier molecular flexibility index (Phi) is 9.04. The molecule has 2 aromatic rings. The average Bonchev–Trinajstić information content (AvgIpc) is 2.80. The van der Waals surface area contributed by atoms with Crippen LogP contribution in [0.2, 0.25) is 10.0 Å². The maximum absolute atomic E-state index is 13.3. The van der Waals surface area contributed by atoms with Gasteiger partial charge in [-0.25, -0.2) is 0 Å². The van der Waals surface area contributed by atoms with Gasteiger partial charge in [0.2, 0.25) is 5.91 Å². The second-order valence-electron chi connectivity index (χ2n) is 8.78. The molecule has 1 aliphatic carbocycles. The van der Waals surface area contributed by atoms with E-state index in [4.69, 9.17) is 27.9 Å². The highest BCUT2D eigenvalue weighted by atomic mass is 35.5. The lowest BCUT2D eigenvalue weighted by Crippen LogP contribution is -2.51. The third kappa shape index (κ3) is 6.87. The Morgan fingerprint density at radius 3 is 2.52 bits per heavy atom. The van der Waals surface area contributed by atoms with Crippen molar-refractivity contribution in [2.24, 2.45) is 0 Å². The Hall–Kier alpha value is -2.24. The van der Waals surface area contributed by atoms with Crippen molar-refractivity contribution >= 4 is 35.0 Å². The van der Waals surface area contributed by atoms with Gasteiger partial charge in [-0.2, -0.15) is 0 Å². The van der Waals surface area contributed by atoms with E-state index in [0.29, 0.717) is 15.8 Å².